The molecule has 0 atom stereocenters. The lowest BCUT2D eigenvalue weighted by molar-refractivity contribution is 0.0963. The SMILES string of the molecule is CNC(=O)c1ccc(CN2CCCC2)c(N)c1. The van der Waals surface area contributed by atoms with Crippen LogP contribution in [0.1, 0.15) is 28.8 Å². The van der Waals surface area contributed by atoms with Gasteiger partial charge in [0.05, 0.1) is 0 Å². The maximum absolute atomic E-state index is 11.4. The van der Waals surface area contributed by atoms with Crippen LogP contribution in [0.5, 0.6) is 0 Å². The highest BCUT2D eigenvalue weighted by molar-refractivity contribution is 5.95. The van der Waals surface area contributed by atoms with E-state index in [-0.39, 0.29) is 5.91 Å². The molecule has 0 radical (unpaired) electrons. The minimum absolute atomic E-state index is 0.0931. The average Bonchev–Trinajstić information content (AvgIpc) is 2.83. The van der Waals surface area contributed by atoms with Crippen molar-refractivity contribution in [3.05, 3.63) is 29.3 Å². The number of nitrogens with zero attached hydrogens (tertiary/aromatic N) is 1. The summed E-state index contributed by atoms with van der Waals surface area (Å²) < 4.78 is 0. The summed E-state index contributed by atoms with van der Waals surface area (Å²) in [6.07, 6.45) is 2.55. The lowest BCUT2D eigenvalue weighted by Crippen LogP contribution is -2.20. The first-order chi connectivity index (χ1) is 8.20. The molecule has 0 saturated carbocycles. The van der Waals surface area contributed by atoms with E-state index in [1.54, 1.807) is 13.1 Å². The van der Waals surface area contributed by atoms with Crippen LogP contribution in [0.15, 0.2) is 18.2 Å². The molecule has 92 valence electrons. The van der Waals surface area contributed by atoms with E-state index < -0.39 is 0 Å². The van der Waals surface area contributed by atoms with Gasteiger partial charge in [-0.25, -0.2) is 0 Å². The highest BCUT2D eigenvalue weighted by Crippen LogP contribution is 2.19. The molecule has 0 bridgehead atoms. The summed E-state index contributed by atoms with van der Waals surface area (Å²) in [7, 11) is 1.62. The molecule has 1 aliphatic rings. The maximum Gasteiger partial charge on any atom is 0.251 e. The number of benzene rings is 1. The summed E-state index contributed by atoms with van der Waals surface area (Å²) in [6.45, 7) is 3.19. The summed E-state index contributed by atoms with van der Waals surface area (Å²) in [6, 6.07) is 5.54. The second kappa shape index (κ2) is 5.19. The van der Waals surface area contributed by atoms with Gasteiger partial charge in [-0.1, -0.05) is 6.07 Å². The first-order valence-corrected chi connectivity index (χ1v) is 6.03. The fraction of sp³-hybridized carbons (Fsp3) is 0.462. The monoisotopic (exact) mass is 233 g/mol. The number of nitrogens with one attached hydrogen (secondary N) is 1. The molecule has 0 unspecified atom stereocenters. The Balaban J connectivity index is 2.10. The van der Waals surface area contributed by atoms with E-state index in [2.05, 4.69) is 10.2 Å². The molecule has 0 aromatic heterocycles. The molecule has 1 fully saturated rings. The number of hydrogen-bond donors (Lipinski definition) is 2. The van der Waals surface area contributed by atoms with Crippen LogP contribution >= 0.6 is 0 Å². The third kappa shape index (κ3) is 2.77. The van der Waals surface area contributed by atoms with Crippen LogP contribution in [0.2, 0.25) is 0 Å². The molecular formula is C13H19N3O. The van der Waals surface area contributed by atoms with Crippen molar-refractivity contribution < 1.29 is 4.79 Å². The smallest absolute Gasteiger partial charge is 0.251 e. The third-order valence-corrected chi connectivity index (χ3v) is 3.23. The molecule has 2 rings (SSSR count). The molecular weight excluding hydrogens is 214 g/mol. The van der Waals surface area contributed by atoms with Crippen LogP contribution in [0.3, 0.4) is 0 Å². The largest absolute Gasteiger partial charge is 0.398 e. The number of rotatable bonds is 3. The molecule has 4 nitrogen and oxygen atoms in total. The molecule has 0 aliphatic carbocycles. The van der Waals surface area contributed by atoms with Gasteiger partial charge in [0, 0.05) is 24.8 Å². The van der Waals surface area contributed by atoms with Gasteiger partial charge in [-0.2, -0.15) is 0 Å². The summed E-state index contributed by atoms with van der Waals surface area (Å²) in [5.41, 5.74) is 8.42. The van der Waals surface area contributed by atoms with Gasteiger partial charge in [0.15, 0.2) is 0 Å². The molecule has 17 heavy (non-hydrogen) atoms. The Morgan fingerprint density at radius 1 is 1.41 bits per heavy atom. The van der Waals surface area contributed by atoms with Crippen molar-refractivity contribution in [2.75, 3.05) is 25.9 Å². The summed E-state index contributed by atoms with van der Waals surface area (Å²) in [5.74, 6) is -0.0931. The molecule has 1 saturated heterocycles. The standard InChI is InChI=1S/C13H19N3O/c1-15-13(17)10-4-5-11(12(14)8-10)9-16-6-2-3-7-16/h4-5,8H,2-3,6-7,9,14H2,1H3,(H,15,17). The van der Waals surface area contributed by atoms with Crippen LogP contribution in [-0.2, 0) is 6.54 Å². The number of amides is 1. The molecule has 0 spiro atoms. The lowest BCUT2D eigenvalue weighted by atomic mass is 10.1. The quantitative estimate of drug-likeness (QED) is 0.772. The minimum Gasteiger partial charge on any atom is -0.398 e. The Kier molecular flexibility index (Phi) is 3.64. The van der Waals surface area contributed by atoms with Gasteiger partial charge in [0.25, 0.3) is 5.91 Å². The second-order valence-electron chi connectivity index (χ2n) is 4.48. The Morgan fingerprint density at radius 2 is 2.12 bits per heavy atom. The third-order valence-electron chi connectivity index (χ3n) is 3.23. The zero-order valence-electron chi connectivity index (χ0n) is 10.2. The van der Waals surface area contributed by atoms with E-state index in [0.29, 0.717) is 11.3 Å². The highest BCUT2D eigenvalue weighted by atomic mass is 16.1. The number of nitrogens with two attached hydrogens (primary N) is 1. The Labute approximate surface area is 102 Å². The van der Waals surface area contributed by atoms with Crippen molar-refractivity contribution in [3.8, 4) is 0 Å². The van der Waals surface area contributed by atoms with E-state index in [0.717, 1.165) is 25.2 Å². The second-order valence-corrected chi connectivity index (χ2v) is 4.48. The Bertz CT molecular complexity index is 411. The van der Waals surface area contributed by atoms with E-state index in [1.807, 2.05) is 12.1 Å². The molecule has 1 aromatic rings. The maximum atomic E-state index is 11.4. The minimum atomic E-state index is -0.0931. The molecule has 4 heteroatoms. The van der Waals surface area contributed by atoms with Gasteiger partial charge in [-0.3, -0.25) is 9.69 Å². The van der Waals surface area contributed by atoms with Crippen molar-refractivity contribution in [1.82, 2.24) is 10.2 Å². The molecule has 3 N–H and O–H groups in total. The summed E-state index contributed by atoms with van der Waals surface area (Å²) in [4.78, 5) is 13.8. The van der Waals surface area contributed by atoms with Crippen LogP contribution in [0, 0.1) is 0 Å². The number of carbonyl (C=O) groups excluding carboxylic acids is 1. The number of anilines is 1. The topological polar surface area (TPSA) is 58.4 Å². The highest BCUT2D eigenvalue weighted by Gasteiger charge is 2.14. The van der Waals surface area contributed by atoms with E-state index in [4.69, 9.17) is 5.73 Å². The van der Waals surface area contributed by atoms with Crippen LogP contribution in [-0.4, -0.2) is 30.9 Å². The number of carbonyl (C=O) groups is 1. The zero-order valence-corrected chi connectivity index (χ0v) is 10.2. The van der Waals surface area contributed by atoms with Crippen molar-refractivity contribution >= 4 is 11.6 Å². The van der Waals surface area contributed by atoms with Gasteiger partial charge >= 0.3 is 0 Å². The Hall–Kier alpha value is -1.55. The molecule has 1 amide bonds. The van der Waals surface area contributed by atoms with E-state index in [1.165, 1.54) is 12.8 Å². The van der Waals surface area contributed by atoms with Crippen molar-refractivity contribution in [2.45, 2.75) is 19.4 Å². The summed E-state index contributed by atoms with van der Waals surface area (Å²) in [5, 5.41) is 2.60. The normalized spacial score (nSPS) is 16.1. The van der Waals surface area contributed by atoms with E-state index in [9.17, 15) is 4.79 Å². The first-order valence-electron chi connectivity index (χ1n) is 6.03. The fourth-order valence-electron chi connectivity index (χ4n) is 2.21. The van der Waals surface area contributed by atoms with Gasteiger partial charge in [-0.05, 0) is 43.6 Å². The first kappa shape index (κ1) is 11.9. The van der Waals surface area contributed by atoms with Crippen LogP contribution < -0.4 is 11.1 Å². The van der Waals surface area contributed by atoms with Gasteiger partial charge in [0.2, 0.25) is 0 Å². The van der Waals surface area contributed by atoms with Crippen molar-refractivity contribution in [1.29, 1.82) is 0 Å². The lowest BCUT2D eigenvalue weighted by Gasteiger charge is -2.16. The van der Waals surface area contributed by atoms with Crippen LogP contribution in [0.4, 0.5) is 5.69 Å². The van der Waals surface area contributed by atoms with Gasteiger partial charge in [0.1, 0.15) is 0 Å². The zero-order chi connectivity index (χ0) is 12.3. The number of nitrogen functional groups attached to an aromatic ring is 1. The van der Waals surface area contributed by atoms with Crippen molar-refractivity contribution in [2.24, 2.45) is 0 Å². The van der Waals surface area contributed by atoms with Gasteiger partial charge in [-0.15, -0.1) is 0 Å². The number of likely N-dealkylation sites (tertiary alicyclic amines) is 1. The van der Waals surface area contributed by atoms with Gasteiger partial charge < -0.3 is 11.1 Å². The molecule has 1 aliphatic heterocycles. The van der Waals surface area contributed by atoms with Crippen molar-refractivity contribution in [3.63, 3.8) is 0 Å². The van der Waals surface area contributed by atoms with E-state index >= 15 is 0 Å². The number of hydrogen-bond acceptors (Lipinski definition) is 3. The molecule has 1 aromatic carbocycles. The average molecular weight is 233 g/mol. The Morgan fingerprint density at radius 3 is 2.71 bits per heavy atom. The predicted octanol–water partition coefficient (Wildman–Crippen LogP) is 1.22. The fourth-order valence-corrected chi connectivity index (χ4v) is 2.21. The summed E-state index contributed by atoms with van der Waals surface area (Å²) >= 11 is 0. The predicted molar refractivity (Wildman–Crippen MR) is 68.8 cm³/mol. The molecule has 1 heterocycles. The van der Waals surface area contributed by atoms with Crippen LogP contribution in [0.25, 0.3) is 0 Å².